The van der Waals surface area contributed by atoms with E-state index >= 15 is 0 Å². The Bertz CT molecular complexity index is 975. The fourth-order valence-corrected chi connectivity index (χ4v) is 2.67. The maximum atomic E-state index is 14.1. The molecule has 0 bridgehead atoms. The molecule has 3 aromatic rings. The number of hydroxylamine groups is 1. The van der Waals surface area contributed by atoms with Gasteiger partial charge in [-0.15, -0.1) is 0 Å². The number of imidazole rings is 1. The van der Waals surface area contributed by atoms with Gasteiger partial charge in [0.2, 0.25) is 0 Å². The number of nitrogens with one attached hydrogen (secondary N) is 3. The molecular formula is C17H16ClF2N5O. The van der Waals surface area contributed by atoms with Crippen LogP contribution in [0.3, 0.4) is 0 Å². The minimum Gasteiger partial charge on any atom is -0.340 e. The first kappa shape index (κ1) is 18.2. The molecular weight excluding hydrogens is 364 g/mol. The number of hydrogen-bond acceptors (Lipinski definition) is 4. The predicted molar refractivity (Wildman–Crippen MR) is 95.9 cm³/mol. The van der Waals surface area contributed by atoms with Crippen molar-refractivity contribution in [2.24, 2.45) is 0 Å². The largest absolute Gasteiger partial charge is 0.340 e. The normalized spacial score (nSPS) is 11.1. The van der Waals surface area contributed by atoms with Crippen LogP contribution in [0.25, 0.3) is 11.0 Å². The molecule has 0 radical (unpaired) electrons. The molecule has 136 valence electrons. The molecule has 0 aliphatic carbocycles. The Labute approximate surface area is 152 Å². The lowest BCUT2D eigenvalue weighted by Gasteiger charge is -2.18. The van der Waals surface area contributed by atoms with E-state index in [-0.39, 0.29) is 33.1 Å². The Hall–Kier alpha value is -2.55. The van der Waals surface area contributed by atoms with E-state index in [4.69, 9.17) is 17.0 Å². The summed E-state index contributed by atoms with van der Waals surface area (Å²) in [5.74, 6) is -1.00. The Morgan fingerprint density at radius 3 is 2.73 bits per heavy atom. The minimum atomic E-state index is -0.638. The maximum absolute atomic E-state index is 14.1. The lowest BCUT2D eigenvalue weighted by atomic mass is 10.1. The van der Waals surface area contributed by atoms with Crippen molar-refractivity contribution < 1.29 is 14.0 Å². The monoisotopic (exact) mass is 379 g/mol. The average molecular weight is 380 g/mol. The van der Waals surface area contributed by atoms with E-state index < -0.39 is 11.6 Å². The summed E-state index contributed by atoms with van der Waals surface area (Å²) < 4.78 is 27.4. The number of fused-ring (bicyclic) bond motifs is 1. The Morgan fingerprint density at radius 2 is 2.04 bits per heavy atom. The lowest BCUT2D eigenvalue weighted by Crippen LogP contribution is -2.27. The van der Waals surface area contributed by atoms with E-state index in [2.05, 4.69) is 15.3 Å². The van der Waals surface area contributed by atoms with Crippen LogP contribution >= 0.6 is 11.6 Å². The van der Waals surface area contributed by atoms with Crippen molar-refractivity contribution in [3.05, 3.63) is 58.4 Å². The summed E-state index contributed by atoms with van der Waals surface area (Å²) in [7, 11) is 0. The fourth-order valence-electron chi connectivity index (χ4n) is 2.49. The van der Waals surface area contributed by atoms with Gasteiger partial charge in [-0.05, 0) is 36.9 Å². The van der Waals surface area contributed by atoms with Crippen molar-refractivity contribution >= 4 is 34.2 Å². The summed E-state index contributed by atoms with van der Waals surface area (Å²) in [4.78, 5) is 7.16. The van der Waals surface area contributed by atoms with E-state index in [9.17, 15) is 14.0 Å². The highest BCUT2D eigenvalue weighted by Gasteiger charge is 2.19. The summed E-state index contributed by atoms with van der Waals surface area (Å²) >= 11 is 5.72. The molecule has 0 aliphatic heterocycles. The summed E-state index contributed by atoms with van der Waals surface area (Å²) in [6.45, 7) is 3.06. The Kier molecular flexibility index (Phi) is 5.17. The van der Waals surface area contributed by atoms with Crippen molar-refractivity contribution in [3.63, 3.8) is 0 Å². The van der Waals surface area contributed by atoms with Crippen LogP contribution in [0, 0.1) is 17.0 Å². The number of rotatable bonds is 5. The average Bonchev–Trinajstić information content (AvgIpc) is 3.06. The molecule has 3 rings (SSSR count). The van der Waals surface area contributed by atoms with E-state index in [1.54, 1.807) is 0 Å². The number of halogens is 3. The number of aromatic nitrogens is 2. The van der Waals surface area contributed by atoms with Crippen molar-refractivity contribution in [1.29, 1.82) is 5.41 Å². The Morgan fingerprint density at radius 1 is 1.31 bits per heavy atom. The standard InChI is InChI=1S/C17H16ClF2N5O/c1-2-22-8-14-23-15-10(4-6-13(20)16(15)24-14)17(21)25(26)9-3-5-12(19)11(18)7-9/h3-7,21-22,26H,2,8H2,1H3,(H,23,24). The van der Waals surface area contributed by atoms with Gasteiger partial charge in [0.15, 0.2) is 11.7 Å². The molecule has 0 fully saturated rings. The van der Waals surface area contributed by atoms with Crippen molar-refractivity contribution in [1.82, 2.24) is 15.3 Å². The Balaban J connectivity index is 2.00. The fraction of sp³-hybridized carbons (Fsp3) is 0.176. The number of amidine groups is 1. The highest BCUT2D eigenvalue weighted by molar-refractivity contribution is 6.31. The van der Waals surface area contributed by atoms with Crippen LogP contribution in [0.4, 0.5) is 14.5 Å². The zero-order valence-corrected chi connectivity index (χ0v) is 14.5. The molecule has 0 saturated heterocycles. The first-order chi connectivity index (χ1) is 12.4. The third kappa shape index (κ3) is 3.39. The SMILES string of the molecule is CCNCc1nc2c(F)ccc(C(=N)N(O)c3ccc(F)c(Cl)c3)c2[nH]1. The minimum absolute atomic E-state index is 0.0747. The maximum Gasteiger partial charge on any atom is 0.159 e. The number of aromatic amines is 1. The van der Waals surface area contributed by atoms with Crippen LogP contribution < -0.4 is 10.4 Å². The second-order valence-corrected chi connectivity index (χ2v) is 5.95. The molecule has 0 spiro atoms. The number of benzene rings is 2. The first-order valence-corrected chi connectivity index (χ1v) is 8.21. The summed E-state index contributed by atoms with van der Waals surface area (Å²) in [6.07, 6.45) is 0. The third-order valence-electron chi connectivity index (χ3n) is 3.80. The highest BCUT2D eigenvalue weighted by Crippen LogP contribution is 2.26. The molecule has 9 heteroatoms. The van der Waals surface area contributed by atoms with Gasteiger partial charge in [-0.25, -0.2) is 18.8 Å². The highest BCUT2D eigenvalue weighted by atomic mass is 35.5. The van der Waals surface area contributed by atoms with Gasteiger partial charge in [-0.3, -0.25) is 10.6 Å². The summed E-state index contributed by atoms with van der Waals surface area (Å²) in [5, 5.41) is 22.0. The summed E-state index contributed by atoms with van der Waals surface area (Å²) in [6, 6.07) is 6.09. The topological polar surface area (TPSA) is 88.0 Å². The smallest absolute Gasteiger partial charge is 0.159 e. The second kappa shape index (κ2) is 7.36. The quantitative estimate of drug-likeness (QED) is 0.308. The zero-order valence-electron chi connectivity index (χ0n) is 13.8. The molecule has 1 heterocycles. The van der Waals surface area contributed by atoms with Crippen LogP contribution in [-0.2, 0) is 6.54 Å². The molecule has 0 amide bonds. The van der Waals surface area contributed by atoms with Crippen LogP contribution in [0.15, 0.2) is 30.3 Å². The molecule has 0 atom stereocenters. The number of nitrogens with zero attached hydrogens (tertiary/aromatic N) is 2. The van der Waals surface area contributed by atoms with Crippen molar-refractivity contribution in [3.8, 4) is 0 Å². The molecule has 0 aliphatic rings. The van der Waals surface area contributed by atoms with E-state index in [1.807, 2.05) is 6.92 Å². The molecule has 6 nitrogen and oxygen atoms in total. The van der Waals surface area contributed by atoms with Gasteiger partial charge in [0.1, 0.15) is 17.2 Å². The molecule has 0 unspecified atom stereocenters. The van der Waals surface area contributed by atoms with Crippen LogP contribution in [-0.4, -0.2) is 27.6 Å². The number of hydrogen-bond donors (Lipinski definition) is 4. The van der Waals surface area contributed by atoms with Gasteiger partial charge in [0.25, 0.3) is 0 Å². The van der Waals surface area contributed by atoms with E-state index in [0.29, 0.717) is 17.4 Å². The van der Waals surface area contributed by atoms with E-state index in [1.165, 1.54) is 24.3 Å². The van der Waals surface area contributed by atoms with Crippen LogP contribution in [0.2, 0.25) is 5.02 Å². The van der Waals surface area contributed by atoms with Gasteiger partial charge in [0, 0.05) is 5.56 Å². The second-order valence-electron chi connectivity index (χ2n) is 5.54. The van der Waals surface area contributed by atoms with Gasteiger partial charge < -0.3 is 10.3 Å². The van der Waals surface area contributed by atoms with Crippen molar-refractivity contribution in [2.75, 3.05) is 11.6 Å². The van der Waals surface area contributed by atoms with Crippen LogP contribution in [0.1, 0.15) is 18.3 Å². The van der Waals surface area contributed by atoms with Gasteiger partial charge in [-0.2, -0.15) is 0 Å². The number of H-pyrrole nitrogens is 1. The molecule has 0 saturated carbocycles. The van der Waals surface area contributed by atoms with Gasteiger partial charge >= 0.3 is 0 Å². The summed E-state index contributed by atoms with van der Waals surface area (Å²) in [5.41, 5.74) is 0.701. The first-order valence-electron chi connectivity index (χ1n) is 7.83. The molecule has 26 heavy (non-hydrogen) atoms. The van der Waals surface area contributed by atoms with Gasteiger partial charge in [0.05, 0.1) is 22.8 Å². The molecule has 2 aromatic carbocycles. The number of anilines is 1. The van der Waals surface area contributed by atoms with E-state index in [0.717, 1.165) is 12.6 Å². The molecule has 4 N–H and O–H groups in total. The molecule has 1 aromatic heterocycles. The third-order valence-corrected chi connectivity index (χ3v) is 4.09. The lowest BCUT2D eigenvalue weighted by molar-refractivity contribution is 0.312. The van der Waals surface area contributed by atoms with Crippen molar-refractivity contribution in [2.45, 2.75) is 13.5 Å². The zero-order chi connectivity index (χ0) is 18.8. The predicted octanol–water partition coefficient (Wildman–Crippen LogP) is 3.83. The van der Waals surface area contributed by atoms with Gasteiger partial charge in [-0.1, -0.05) is 18.5 Å². The van der Waals surface area contributed by atoms with Crippen LogP contribution in [0.5, 0.6) is 0 Å².